The number of benzene rings is 2. The molecule has 4 aromatic rings. The second kappa shape index (κ2) is 8.71. The molecule has 0 saturated carbocycles. The minimum absolute atomic E-state index is 0.0385. The van der Waals surface area contributed by atoms with Gasteiger partial charge in [-0.2, -0.15) is 0 Å². The molecule has 0 aliphatic carbocycles. The third kappa shape index (κ3) is 4.03. The lowest BCUT2D eigenvalue weighted by molar-refractivity contribution is -0.114. The van der Waals surface area contributed by atoms with Crippen LogP contribution in [0.25, 0.3) is 16.6 Å². The van der Waals surface area contributed by atoms with Crippen molar-refractivity contribution in [2.24, 2.45) is 14.1 Å². The third-order valence-electron chi connectivity index (χ3n) is 5.81. The van der Waals surface area contributed by atoms with Crippen molar-refractivity contribution >= 4 is 34.0 Å². The standard InChI is InChI=1S/C25H24FN5O4/c1-13-9-10-19(18(26)11-13)28-22-20-21(14(2)23(33)29(22)4)31(25(35)30(5)24(20)34)17-8-6-7-16(12-17)27-15(3)32/h6-12,28H,1-5H3,(H,27,32). The van der Waals surface area contributed by atoms with Crippen LogP contribution in [0.2, 0.25) is 0 Å². The monoisotopic (exact) mass is 477 g/mol. The molecule has 0 aliphatic rings. The molecule has 180 valence electrons. The summed E-state index contributed by atoms with van der Waals surface area (Å²) in [5, 5.41) is 5.58. The third-order valence-corrected chi connectivity index (χ3v) is 5.81. The van der Waals surface area contributed by atoms with Crippen LogP contribution in [0.4, 0.5) is 21.6 Å². The molecule has 10 heteroatoms. The second-order valence-electron chi connectivity index (χ2n) is 8.38. The Balaban J connectivity index is 2.13. The number of nitrogens with one attached hydrogen (secondary N) is 2. The molecule has 0 saturated heterocycles. The molecule has 0 atom stereocenters. The molecule has 4 rings (SSSR count). The van der Waals surface area contributed by atoms with E-state index in [9.17, 15) is 23.6 Å². The lowest BCUT2D eigenvalue weighted by Gasteiger charge is -2.20. The zero-order valence-electron chi connectivity index (χ0n) is 19.9. The van der Waals surface area contributed by atoms with E-state index in [1.807, 2.05) is 0 Å². The first kappa shape index (κ1) is 23.7. The van der Waals surface area contributed by atoms with E-state index in [0.717, 1.165) is 4.57 Å². The SMILES string of the molecule is CC(=O)Nc1cccc(-n2c(=O)n(C)c(=O)c3c(Nc4ccc(C)cc4F)n(C)c(=O)c(C)c32)c1. The number of aryl methyl sites for hydroxylation is 2. The summed E-state index contributed by atoms with van der Waals surface area (Å²) in [6, 6.07) is 11.0. The van der Waals surface area contributed by atoms with E-state index < -0.39 is 22.6 Å². The highest BCUT2D eigenvalue weighted by Crippen LogP contribution is 2.27. The van der Waals surface area contributed by atoms with Gasteiger partial charge in [-0.05, 0) is 49.7 Å². The van der Waals surface area contributed by atoms with Gasteiger partial charge in [0.2, 0.25) is 5.91 Å². The largest absolute Gasteiger partial charge is 0.338 e. The van der Waals surface area contributed by atoms with Crippen LogP contribution in [-0.4, -0.2) is 19.6 Å². The molecule has 2 aromatic carbocycles. The zero-order valence-corrected chi connectivity index (χ0v) is 19.9. The van der Waals surface area contributed by atoms with Crippen molar-refractivity contribution in [3.05, 3.63) is 90.6 Å². The smallest absolute Gasteiger partial charge is 0.335 e. The van der Waals surface area contributed by atoms with Gasteiger partial charge in [0, 0.05) is 32.3 Å². The Labute approximate surface area is 199 Å². The Morgan fingerprint density at radius 3 is 2.31 bits per heavy atom. The summed E-state index contributed by atoms with van der Waals surface area (Å²) in [5.41, 5.74) is 0.0263. The van der Waals surface area contributed by atoms with E-state index in [2.05, 4.69) is 10.6 Å². The molecule has 0 spiro atoms. The van der Waals surface area contributed by atoms with Gasteiger partial charge in [-0.15, -0.1) is 0 Å². The molecule has 2 aromatic heterocycles. The normalized spacial score (nSPS) is 11.0. The van der Waals surface area contributed by atoms with Crippen molar-refractivity contribution in [1.82, 2.24) is 13.7 Å². The van der Waals surface area contributed by atoms with Gasteiger partial charge < -0.3 is 10.6 Å². The molecular weight excluding hydrogens is 453 g/mol. The van der Waals surface area contributed by atoms with E-state index in [-0.39, 0.29) is 33.9 Å². The van der Waals surface area contributed by atoms with Gasteiger partial charge >= 0.3 is 5.69 Å². The van der Waals surface area contributed by atoms with Gasteiger partial charge in [-0.3, -0.25) is 28.1 Å². The number of amides is 1. The van der Waals surface area contributed by atoms with Gasteiger partial charge in [0.15, 0.2) is 0 Å². The summed E-state index contributed by atoms with van der Waals surface area (Å²) in [4.78, 5) is 51.4. The fraction of sp³-hybridized carbons (Fsp3) is 0.200. The van der Waals surface area contributed by atoms with Crippen LogP contribution >= 0.6 is 0 Å². The summed E-state index contributed by atoms with van der Waals surface area (Å²) in [6.07, 6.45) is 0. The van der Waals surface area contributed by atoms with E-state index in [1.165, 1.54) is 49.2 Å². The lowest BCUT2D eigenvalue weighted by atomic mass is 10.1. The molecule has 0 bridgehead atoms. The number of aromatic nitrogens is 3. The Bertz CT molecular complexity index is 1700. The first-order chi connectivity index (χ1) is 16.5. The van der Waals surface area contributed by atoms with Crippen LogP contribution in [0, 0.1) is 19.7 Å². The van der Waals surface area contributed by atoms with Crippen LogP contribution < -0.4 is 27.4 Å². The summed E-state index contributed by atoms with van der Waals surface area (Å²) in [6.45, 7) is 4.62. The lowest BCUT2D eigenvalue weighted by Crippen LogP contribution is -2.40. The number of anilines is 3. The van der Waals surface area contributed by atoms with Crippen molar-refractivity contribution in [3.8, 4) is 5.69 Å². The van der Waals surface area contributed by atoms with Crippen molar-refractivity contribution in [3.63, 3.8) is 0 Å². The summed E-state index contributed by atoms with van der Waals surface area (Å²) in [7, 11) is 2.80. The number of hydrogen-bond donors (Lipinski definition) is 2. The molecule has 2 N–H and O–H groups in total. The maximum absolute atomic E-state index is 14.7. The molecule has 0 radical (unpaired) electrons. The van der Waals surface area contributed by atoms with Gasteiger partial charge in [0.05, 0.1) is 16.9 Å². The first-order valence-corrected chi connectivity index (χ1v) is 10.8. The molecule has 2 heterocycles. The molecule has 0 aliphatic heterocycles. The molecule has 35 heavy (non-hydrogen) atoms. The Hall–Kier alpha value is -4.47. The maximum atomic E-state index is 14.7. The average Bonchev–Trinajstić information content (AvgIpc) is 2.80. The van der Waals surface area contributed by atoms with Crippen molar-refractivity contribution in [2.75, 3.05) is 10.6 Å². The van der Waals surface area contributed by atoms with E-state index in [1.54, 1.807) is 37.3 Å². The molecule has 9 nitrogen and oxygen atoms in total. The van der Waals surface area contributed by atoms with Gasteiger partial charge in [0.1, 0.15) is 17.0 Å². The number of carbonyl (C=O) groups excluding carboxylic acids is 1. The van der Waals surface area contributed by atoms with E-state index in [0.29, 0.717) is 16.9 Å². The van der Waals surface area contributed by atoms with Crippen LogP contribution in [-0.2, 0) is 18.9 Å². The van der Waals surface area contributed by atoms with Crippen LogP contribution in [0.3, 0.4) is 0 Å². The van der Waals surface area contributed by atoms with Crippen LogP contribution in [0.15, 0.2) is 56.8 Å². The van der Waals surface area contributed by atoms with E-state index in [4.69, 9.17) is 0 Å². The Kier molecular flexibility index (Phi) is 5.89. The Morgan fingerprint density at radius 1 is 0.943 bits per heavy atom. The van der Waals surface area contributed by atoms with Crippen molar-refractivity contribution in [2.45, 2.75) is 20.8 Å². The predicted molar refractivity (Wildman–Crippen MR) is 133 cm³/mol. The summed E-state index contributed by atoms with van der Waals surface area (Å²) >= 11 is 0. The summed E-state index contributed by atoms with van der Waals surface area (Å²) < 4.78 is 18.1. The maximum Gasteiger partial charge on any atom is 0.335 e. The fourth-order valence-corrected chi connectivity index (χ4v) is 4.07. The number of nitrogens with zero attached hydrogens (tertiary/aromatic N) is 3. The first-order valence-electron chi connectivity index (χ1n) is 10.8. The number of halogens is 1. The fourth-order valence-electron chi connectivity index (χ4n) is 4.07. The van der Waals surface area contributed by atoms with Gasteiger partial charge in [-0.25, -0.2) is 9.18 Å². The molecule has 0 fully saturated rings. The highest BCUT2D eigenvalue weighted by Gasteiger charge is 2.22. The van der Waals surface area contributed by atoms with Gasteiger partial charge in [-0.1, -0.05) is 12.1 Å². The predicted octanol–water partition coefficient (Wildman–Crippen LogP) is 2.85. The quantitative estimate of drug-likeness (QED) is 0.470. The number of fused-ring (bicyclic) bond motifs is 1. The highest BCUT2D eigenvalue weighted by atomic mass is 19.1. The van der Waals surface area contributed by atoms with Crippen molar-refractivity contribution < 1.29 is 9.18 Å². The minimum Gasteiger partial charge on any atom is -0.338 e. The van der Waals surface area contributed by atoms with Crippen LogP contribution in [0.1, 0.15) is 18.1 Å². The number of pyridine rings is 1. The van der Waals surface area contributed by atoms with Crippen LogP contribution in [0.5, 0.6) is 0 Å². The number of rotatable bonds is 4. The average molecular weight is 477 g/mol. The minimum atomic E-state index is -0.675. The Morgan fingerprint density at radius 2 is 1.66 bits per heavy atom. The van der Waals surface area contributed by atoms with Crippen molar-refractivity contribution in [1.29, 1.82) is 0 Å². The molecular formula is C25H24FN5O4. The van der Waals surface area contributed by atoms with E-state index >= 15 is 0 Å². The highest BCUT2D eigenvalue weighted by molar-refractivity contribution is 5.94. The van der Waals surface area contributed by atoms with Gasteiger partial charge in [0.25, 0.3) is 11.1 Å². The topological polar surface area (TPSA) is 107 Å². The number of hydrogen-bond acceptors (Lipinski definition) is 5. The molecule has 0 unspecified atom stereocenters. The molecule has 1 amide bonds. The zero-order chi connectivity index (χ0) is 25.6. The second-order valence-corrected chi connectivity index (χ2v) is 8.38. The number of carbonyl (C=O) groups is 1. The summed E-state index contributed by atoms with van der Waals surface area (Å²) in [5.74, 6) is -0.804.